The highest BCUT2D eigenvalue weighted by Gasteiger charge is 2.56. The van der Waals surface area contributed by atoms with Crippen molar-refractivity contribution in [2.45, 2.75) is 77.7 Å². The maximum atomic E-state index is 13.8. The van der Waals surface area contributed by atoms with Crippen LogP contribution in [0.1, 0.15) is 81.3 Å². The molecule has 5 fully saturated rings. The van der Waals surface area contributed by atoms with Crippen molar-refractivity contribution in [3.63, 3.8) is 0 Å². The molecule has 1 amide bonds. The third-order valence-electron chi connectivity index (χ3n) is 7.64. The Balaban J connectivity index is 1.46. The van der Waals surface area contributed by atoms with E-state index < -0.39 is 0 Å². The van der Waals surface area contributed by atoms with Crippen molar-refractivity contribution in [1.29, 1.82) is 0 Å². The van der Waals surface area contributed by atoms with Crippen molar-refractivity contribution in [1.82, 2.24) is 10.1 Å². The minimum Gasteiger partial charge on any atom is -0.361 e. The lowest BCUT2D eigenvalue weighted by atomic mass is 9.49. The smallest absolute Gasteiger partial charge is 0.229 e. The zero-order valence-electron chi connectivity index (χ0n) is 15.6. The van der Waals surface area contributed by atoms with E-state index >= 15 is 0 Å². The Hall–Kier alpha value is -1.32. The van der Waals surface area contributed by atoms with Gasteiger partial charge in [-0.2, -0.15) is 0 Å². The molecule has 0 N–H and O–H groups in total. The molecular weight excluding hydrogens is 312 g/mol. The molecule has 0 spiro atoms. The van der Waals surface area contributed by atoms with Crippen molar-refractivity contribution in [3.8, 4) is 0 Å². The Labute approximate surface area is 150 Å². The van der Waals surface area contributed by atoms with Crippen LogP contribution in [-0.2, 0) is 11.2 Å². The molecule has 1 aliphatic heterocycles. The summed E-state index contributed by atoms with van der Waals surface area (Å²) in [6.45, 7) is 5.06. The van der Waals surface area contributed by atoms with Crippen molar-refractivity contribution < 1.29 is 9.32 Å². The molecule has 1 aromatic heterocycles. The second-order valence-electron chi connectivity index (χ2n) is 9.31. The highest BCUT2D eigenvalue weighted by atomic mass is 16.5. The predicted molar refractivity (Wildman–Crippen MR) is 94.9 cm³/mol. The normalized spacial score (nSPS) is 39.4. The summed E-state index contributed by atoms with van der Waals surface area (Å²) < 4.78 is 5.55. The van der Waals surface area contributed by atoms with E-state index in [9.17, 15) is 4.79 Å². The number of carbonyl (C=O) groups excluding carboxylic acids is 1. The van der Waals surface area contributed by atoms with Gasteiger partial charge in [-0.25, -0.2) is 0 Å². The molecule has 4 saturated carbocycles. The lowest BCUT2D eigenvalue weighted by Crippen LogP contribution is -2.54. The summed E-state index contributed by atoms with van der Waals surface area (Å²) in [7, 11) is 0. The van der Waals surface area contributed by atoms with Crippen LogP contribution in [0.5, 0.6) is 0 Å². The number of rotatable bonds is 3. The Morgan fingerprint density at radius 3 is 2.44 bits per heavy atom. The van der Waals surface area contributed by atoms with Crippen LogP contribution in [0.4, 0.5) is 0 Å². The topological polar surface area (TPSA) is 46.3 Å². The number of nitrogens with zero attached hydrogens (tertiary/aromatic N) is 2. The predicted octanol–water partition coefficient (Wildman–Crippen LogP) is 4.43. The minimum absolute atomic E-state index is 0.0329. The summed E-state index contributed by atoms with van der Waals surface area (Å²) >= 11 is 0. The Morgan fingerprint density at radius 2 is 1.84 bits per heavy atom. The van der Waals surface area contributed by atoms with Crippen molar-refractivity contribution in [2.24, 2.45) is 23.2 Å². The number of aromatic nitrogens is 1. The van der Waals surface area contributed by atoms with E-state index in [-0.39, 0.29) is 11.5 Å². The van der Waals surface area contributed by atoms with Crippen LogP contribution in [0.25, 0.3) is 0 Å². The zero-order chi connectivity index (χ0) is 17.2. The average molecular weight is 342 g/mol. The first-order chi connectivity index (χ1) is 12.1. The van der Waals surface area contributed by atoms with Crippen molar-refractivity contribution in [3.05, 3.63) is 17.0 Å². The number of hydrogen-bond acceptors (Lipinski definition) is 3. The lowest BCUT2D eigenvalue weighted by molar-refractivity contribution is -0.158. The van der Waals surface area contributed by atoms with Crippen molar-refractivity contribution >= 4 is 5.91 Å². The molecule has 4 aliphatic carbocycles. The first-order valence-electron chi connectivity index (χ1n) is 10.4. The third kappa shape index (κ3) is 2.32. The van der Waals surface area contributed by atoms with E-state index in [1.54, 1.807) is 0 Å². The second-order valence-corrected chi connectivity index (χ2v) is 9.31. The van der Waals surface area contributed by atoms with Gasteiger partial charge in [-0.3, -0.25) is 4.79 Å². The summed E-state index contributed by atoms with van der Waals surface area (Å²) in [5.74, 6) is 3.91. The molecule has 1 saturated heterocycles. The number of hydrogen-bond donors (Lipinski definition) is 0. The molecule has 136 valence electrons. The van der Waals surface area contributed by atoms with Gasteiger partial charge in [-0.05, 0) is 76.0 Å². The number of carbonyl (C=O) groups is 1. The van der Waals surface area contributed by atoms with Gasteiger partial charge in [0.2, 0.25) is 5.91 Å². The molecular formula is C21H30N2O2. The number of amides is 1. The Kier molecular flexibility index (Phi) is 3.55. The monoisotopic (exact) mass is 342 g/mol. The van der Waals surface area contributed by atoms with Gasteiger partial charge in [-0.15, -0.1) is 0 Å². The summed E-state index contributed by atoms with van der Waals surface area (Å²) in [6, 6.07) is 0.196. The van der Waals surface area contributed by atoms with Gasteiger partial charge < -0.3 is 9.42 Å². The first kappa shape index (κ1) is 15.9. The molecule has 25 heavy (non-hydrogen) atoms. The molecule has 0 aromatic carbocycles. The standard InChI is InChI=1S/C21H30N2O2/c1-3-18-19(13(2)22-25-18)17-5-4-6-23(17)20(24)21-10-14-7-15(11-21)9-16(8-14)12-21/h14-17H,3-12H2,1-2H3/t14?,15?,16?,17-,21?/m0/s1. The van der Waals surface area contributed by atoms with Crippen LogP contribution in [0, 0.1) is 30.1 Å². The van der Waals surface area contributed by atoms with E-state index in [1.165, 1.54) is 24.8 Å². The fourth-order valence-electron chi connectivity index (χ4n) is 7.09. The number of likely N-dealkylation sites (tertiary alicyclic amines) is 1. The fourth-order valence-corrected chi connectivity index (χ4v) is 7.09. The Bertz CT molecular complexity index is 657. The molecule has 0 radical (unpaired) electrons. The largest absolute Gasteiger partial charge is 0.361 e. The van der Waals surface area contributed by atoms with Crippen LogP contribution >= 0.6 is 0 Å². The highest BCUT2D eigenvalue weighted by Crippen LogP contribution is 2.61. The van der Waals surface area contributed by atoms with E-state index in [0.29, 0.717) is 5.91 Å². The molecule has 1 atom stereocenters. The quantitative estimate of drug-likeness (QED) is 0.816. The summed E-state index contributed by atoms with van der Waals surface area (Å²) in [6.07, 6.45) is 10.7. The molecule has 1 aromatic rings. The highest BCUT2D eigenvalue weighted by molar-refractivity contribution is 5.84. The lowest BCUT2D eigenvalue weighted by Gasteiger charge is -2.56. The molecule has 4 heteroatoms. The molecule has 0 unspecified atom stereocenters. The molecule has 6 rings (SSSR count). The van der Waals surface area contributed by atoms with Crippen molar-refractivity contribution in [2.75, 3.05) is 6.54 Å². The first-order valence-corrected chi connectivity index (χ1v) is 10.4. The fraction of sp³-hybridized carbons (Fsp3) is 0.810. The zero-order valence-corrected chi connectivity index (χ0v) is 15.6. The van der Waals surface area contributed by atoms with Gasteiger partial charge in [0, 0.05) is 18.5 Å². The van der Waals surface area contributed by atoms with Gasteiger partial charge in [-0.1, -0.05) is 12.1 Å². The van der Waals surface area contributed by atoms with E-state index in [4.69, 9.17) is 4.52 Å². The average Bonchev–Trinajstić information content (AvgIpc) is 3.18. The minimum atomic E-state index is -0.0329. The van der Waals surface area contributed by atoms with E-state index in [1.807, 2.05) is 6.92 Å². The van der Waals surface area contributed by atoms with Gasteiger partial charge in [0.1, 0.15) is 5.76 Å². The molecule has 4 bridgehead atoms. The van der Waals surface area contributed by atoms with Gasteiger partial charge in [0.15, 0.2) is 0 Å². The van der Waals surface area contributed by atoms with Gasteiger partial charge in [0.25, 0.3) is 0 Å². The second kappa shape index (κ2) is 5.59. The summed E-state index contributed by atoms with van der Waals surface area (Å²) in [4.78, 5) is 16.0. The van der Waals surface area contributed by atoms with Crippen LogP contribution in [-0.4, -0.2) is 22.5 Å². The maximum absolute atomic E-state index is 13.8. The SMILES string of the molecule is CCc1onc(C)c1[C@@H]1CCCN1C(=O)C12CC3CC(CC(C3)C1)C2. The summed E-state index contributed by atoms with van der Waals surface area (Å²) in [5, 5.41) is 4.21. The van der Waals surface area contributed by atoms with E-state index in [0.717, 1.165) is 74.3 Å². The molecule has 5 aliphatic rings. The van der Waals surface area contributed by atoms with Crippen LogP contribution in [0.3, 0.4) is 0 Å². The summed E-state index contributed by atoms with van der Waals surface area (Å²) in [5.41, 5.74) is 2.15. The van der Waals surface area contributed by atoms with E-state index in [2.05, 4.69) is 17.0 Å². The molecule has 4 nitrogen and oxygen atoms in total. The Morgan fingerprint density at radius 1 is 1.20 bits per heavy atom. The van der Waals surface area contributed by atoms with Crippen LogP contribution < -0.4 is 0 Å². The van der Waals surface area contributed by atoms with Gasteiger partial charge >= 0.3 is 0 Å². The molecule has 2 heterocycles. The van der Waals surface area contributed by atoms with Crippen LogP contribution in [0.2, 0.25) is 0 Å². The third-order valence-corrected chi connectivity index (χ3v) is 7.64. The maximum Gasteiger partial charge on any atom is 0.229 e. The number of aryl methyl sites for hydroxylation is 2. The van der Waals surface area contributed by atoms with Gasteiger partial charge in [0.05, 0.1) is 17.2 Å². The van der Waals surface area contributed by atoms with Crippen LogP contribution in [0.15, 0.2) is 4.52 Å².